The molecule has 0 saturated carbocycles. The van der Waals surface area contributed by atoms with Crippen molar-refractivity contribution in [2.75, 3.05) is 0 Å². The van der Waals surface area contributed by atoms with Crippen LogP contribution in [0.3, 0.4) is 0 Å². The number of rotatable bonds is 0. The SMILES string of the molecule is C#CC#CC#CC#CC#CC#CC#CC#CC#CC#CC#CC#CC#CC#CC#CC#CC#CC#CC#CC#CC#CC#CC#CC#CC#CC#CC#CC#CC#CC#CC#CC#CC#CC#CC#CC#CC#CC. The third-order valence-corrected chi connectivity index (χ3v) is 4.57. The zero-order chi connectivity index (χ0) is 53.6. The van der Waals surface area contributed by atoms with E-state index in [4.69, 9.17) is 6.42 Å². The minimum Gasteiger partial charge on any atom is -0.106 e. The molecule has 0 amide bonds. The maximum atomic E-state index is 4.95. The van der Waals surface area contributed by atoms with Crippen LogP contribution < -0.4 is 0 Å². The molecule has 0 aromatic carbocycles. The molecule has 0 aliphatic rings. The molecule has 0 aromatic rings. The molecule has 0 rings (SSSR count). The summed E-state index contributed by atoms with van der Waals surface area (Å²) in [5, 5.41) is 0. The average Bonchev–Trinajstić information content (AvgIpc) is 3.42. The van der Waals surface area contributed by atoms with Crippen molar-refractivity contribution in [1.82, 2.24) is 0 Å². The molecule has 0 radical (unpaired) electrons. The summed E-state index contributed by atoms with van der Waals surface area (Å²) in [6.07, 6.45) is 4.95. The highest BCUT2D eigenvalue weighted by Crippen LogP contribution is 1.65. The molecule has 0 heteroatoms. The van der Waals surface area contributed by atoms with Gasteiger partial charge in [0, 0.05) is 332 Å². The lowest BCUT2D eigenvalue weighted by molar-refractivity contribution is 1.92. The van der Waals surface area contributed by atoms with E-state index in [0.717, 1.165) is 0 Å². The van der Waals surface area contributed by atoms with Crippen LogP contribution in [0.2, 0.25) is 0 Å². The zero-order valence-corrected chi connectivity index (χ0v) is 38.1. The molecule has 0 spiro atoms. The van der Waals surface area contributed by atoms with Crippen molar-refractivity contribution < 1.29 is 0 Å². The van der Waals surface area contributed by atoms with Crippen LogP contribution in [-0.4, -0.2) is 0 Å². The Morgan fingerprint density at radius 2 is 0.173 bits per heavy atom. The van der Waals surface area contributed by atoms with E-state index in [1.54, 1.807) is 6.92 Å². The fourth-order valence-electron chi connectivity index (χ4n) is 2.25. The van der Waals surface area contributed by atoms with E-state index in [1.165, 1.54) is 0 Å². The molecule has 0 fully saturated rings. The van der Waals surface area contributed by atoms with Gasteiger partial charge < -0.3 is 0 Å². The Morgan fingerprint density at radius 3 is 0.240 bits per heavy atom. The smallest absolute Gasteiger partial charge is 0 e. The van der Waals surface area contributed by atoms with Gasteiger partial charge in [-0.2, -0.15) is 0 Å². The molecule has 304 valence electrons. The summed E-state index contributed by atoms with van der Waals surface area (Å²) in [5.41, 5.74) is 0. The topological polar surface area (TPSA) is 0 Å². The largest absolute Gasteiger partial charge is 0.106 e. The summed E-state index contributed by atoms with van der Waals surface area (Å²) in [6, 6.07) is 0. The Bertz CT molecular complexity index is 5000. The minimum absolute atomic E-state index is 1.68. The van der Waals surface area contributed by atoms with E-state index >= 15 is 0 Å². The van der Waals surface area contributed by atoms with Crippen LogP contribution in [0.25, 0.3) is 0 Å². The van der Waals surface area contributed by atoms with Gasteiger partial charge in [0.25, 0.3) is 0 Å². The third-order valence-electron chi connectivity index (χ3n) is 4.57. The molecular weight excluding hydrogens is 901 g/mol. The van der Waals surface area contributed by atoms with Gasteiger partial charge in [-0.15, -0.1) is 6.42 Å². The molecule has 0 bridgehead atoms. The van der Waals surface area contributed by atoms with Crippen LogP contribution in [0.15, 0.2) is 0 Å². The normalized spacial score (nSPS) is 3.95. The van der Waals surface area contributed by atoms with E-state index in [0.29, 0.717) is 0 Å². The van der Waals surface area contributed by atoms with Crippen molar-refractivity contribution in [2.24, 2.45) is 0 Å². The summed E-state index contributed by atoms with van der Waals surface area (Å²) < 4.78 is 0. The molecule has 0 atom stereocenters. The highest BCUT2D eigenvalue weighted by Gasteiger charge is 1.64. The average molecular weight is 905 g/mol. The molecule has 0 N–H and O–H groups in total. The maximum Gasteiger partial charge on any atom is 0 e. The predicted octanol–water partition coefficient (Wildman–Crippen LogP) is 0.762. The first-order valence-corrected chi connectivity index (χ1v) is 18.8. The molecule has 0 heterocycles. The van der Waals surface area contributed by atoms with E-state index in [-0.39, 0.29) is 0 Å². The van der Waals surface area contributed by atoms with Crippen LogP contribution in [0.5, 0.6) is 0 Å². The lowest BCUT2D eigenvalue weighted by atomic mass is 10.4. The highest BCUT2D eigenvalue weighted by atomic mass is 13.7. The zero-order valence-electron chi connectivity index (χ0n) is 38.1. The van der Waals surface area contributed by atoms with Gasteiger partial charge in [0.15, 0.2) is 0 Å². The first-order valence-electron chi connectivity index (χ1n) is 18.8. The molecule has 0 aliphatic heterocycles. The van der Waals surface area contributed by atoms with E-state index < -0.39 is 0 Å². The Morgan fingerprint density at radius 1 is 0.107 bits per heavy atom. The molecule has 0 aromatic heterocycles. The lowest BCUT2D eigenvalue weighted by Crippen LogP contribution is -1.57. The quantitative estimate of drug-likeness (QED) is 0.316. The van der Waals surface area contributed by atoms with Crippen molar-refractivity contribution >= 4 is 0 Å². The van der Waals surface area contributed by atoms with Crippen LogP contribution in [0.4, 0.5) is 0 Å². The second-order valence-electron chi connectivity index (χ2n) is 9.27. The van der Waals surface area contributed by atoms with Gasteiger partial charge in [-0.1, -0.05) is 5.92 Å². The summed E-state index contributed by atoms with van der Waals surface area (Å²) in [4.78, 5) is 0. The number of hydrogen-bond donors (Lipinski definition) is 0. The molecule has 75 heavy (non-hydrogen) atoms. The Kier molecular flexibility index (Phi) is 45.2. The van der Waals surface area contributed by atoms with Crippen LogP contribution >= 0.6 is 0 Å². The van der Waals surface area contributed by atoms with Crippen LogP contribution in [0, 0.1) is 439 Å². The van der Waals surface area contributed by atoms with Gasteiger partial charge in [-0.25, -0.2) is 0 Å². The second kappa shape index (κ2) is 57.7. The lowest BCUT2D eigenvalue weighted by Gasteiger charge is -1.58. The van der Waals surface area contributed by atoms with Gasteiger partial charge in [0.2, 0.25) is 0 Å². The third kappa shape index (κ3) is 57.7. The van der Waals surface area contributed by atoms with Crippen molar-refractivity contribution in [3.8, 4) is 439 Å². The molecule has 0 nitrogen and oxygen atoms in total. The molecule has 0 aliphatic carbocycles. The summed E-state index contributed by atoms with van der Waals surface area (Å²) in [7, 11) is 0. The number of terminal acetylenes is 1. The van der Waals surface area contributed by atoms with Gasteiger partial charge in [0.1, 0.15) is 0 Å². The van der Waals surface area contributed by atoms with Gasteiger partial charge >= 0.3 is 0 Å². The first kappa shape index (κ1) is 58.7. The Labute approximate surface area is 443 Å². The fraction of sp³-hybridized carbons (Fsp3) is 0.0133. The van der Waals surface area contributed by atoms with Gasteiger partial charge in [0.05, 0.1) is 0 Å². The van der Waals surface area contributed by atoms with Crippen molar-refractivity contribution in [3.05, 3.63) is 0 Å². The molecule has 0 unspecified atom stereocenters. The predicted molar refractivity (Wildman–Crippen MR) is 294 cm³/mol. The molecule has 0 saturated heterocycles. The second-order valence-corrected chi connectivity index (χ2v) is 9.27. The summed E-state index contributed by atoms with van der Waals surface area (Å²) in [5.74, 6) is 182. The first-order chi connectivity index (χ1) is 37.4. The highest BCUT2D eigenvalue weighted by molar-refractivity contribution is 5.53. The van der Waals surface area contributed by atoms with Crippen molar-refractivity contribution in [1.29, 1.82) is 0 Å². The number of hydrogen-bond acceptors (Lipinski definition) is 0. The van der Waals surface area contributed by atoms with Gasteiger partial charge in [-0.3, -0.25) is 0 Å². The van der Waals surface area contributed by atoms with E-state index in [9.17, 15) is 0 Å². The molecular formula is C75H4. The standard InChI is InChI=1S/C75H4/c1-3-5-7-9-11-13-15-17-19-21-23-25-27-29-31-33-35-37-39-41-43-45-47-49-51-53-55-57-59-61-63-65-67-69-71-73-75-74-72-70-68-66-64-62-60-58-56-54-52-50-48-46-44-42-40-38-36-34-32-30-28-26-24-22-20-18-16-14-12-10-8-6-4-2/h1H,2H3. The van der Waals surface area contributed by atoms with Crippen molar-refractivity contribution in [3.63, 3.8) is 0 Å². The fourth-order valence-corrected chi connectivity index (χ4v) is 2.25. The van der Waals surface area contributed by atoms with Crippen LogP contribution in [0.1, 0.15) is 6.92 Å². The van der Waals surface area contributed by atoms with E-state index in [2.05, 4.69) is 432 Å². The maximum absolute atomic E-state index is 4.95. The minimum atomic E-state index is 1.68. The Hall–Kier alpha value is -16.3. The van der Waals surface area contributed by atoms with Crippen LogP contribution in [-0.2, 0) is 0 Å². The summed E-state index contributed by atoms with van der Waals surface area (Å²) >= 11 is 0. The Balaban J connectivity index is 4.61. The summed E-state index contributed by atoms with van der Waals surface area (Å²) in [6.45, 7) is 1.68. The van der Waals surface area contributed by atoms with Crippen molar-refractivity contribution in [2.45, 2.75) is 6.92 Å². The van der Waals surface area contributed by atoms with E-state index in [1.807, 2.05) is 0 Å². The monoisotopic (exact) mass is 904 g/mol. The van der Waals surface area contributed by atoms with Gasteiger partial charge in [-0.05, 0) is 102 Å².